The molecule has 0 aliphatic carbocycles. The van der Waals surface area contributed by atoms with Crippen LogP contribution in [0.25, 0.3) is 11.4 Å². The molecule has 12 heteroatoms. The van der Waals surface area contributed by atoms with Gasteiger partial charge in [0.2, 0.25) is 11.7 Å². The Bertz CT molecular complexity index is 1080. The third-order valence-electron chi connectivity index (χ3n) is 3.88. The molecule has 0 aliphatic heterocycles. The minimum absolute atomic E-state index is 0.0742. The Labute approximate surface area is 161 Å². The van der Waals surface area contributed by atoms with Gasteiger partial charge in [0.15, 0.2) is 0 Å². The average molecular weight is 406 g/mol. The lowest BCUT2D eigenvalue weighted by atomic mass is 10.1. The first-order chi connectivity index (χ1) is 13.6. The second-order valence-electron chi connectivity index (χ2n) is 6.03. The first kappa shape index (κ1) is 19.9. The Balaban J connectivity index is 1.71. The summed E-state index contributed by atoms with van der Waals surface area (Å²) in [4.78, 5) is 23.4. The summed E-state index contributed by atoms with van der Waals surface area (Å²) in [7, 11) is 0. The number of rotatable bonds is 5. The van der Waals surface area contributed by atoms with Crippen LogP contribution in [0.3, 0.4) is 0 Å². The number of hydrogen-bond acceptors (Lipinski definition) is 6. The molecule has 3 rings (SSSR count). The number of nitrogens with one attached hydrogen (secondary N) is 1. The van der Waals surface area contributed by atoms with Crippen LogP contribution >= 0.6 is 0 Å². The third kappa shape index (κ3) is 4.72. The zero-order valence-electron chi connectivity index (χ0n) is 14.8. The molecule has 0 spiro atoms. The molecule has 0 bridgehead atoms. The number of nitro groups is 1. The Morgan fingerprint density at radius 1 is 1.24 bits per heavy atom. The smallest absolute Gasteiger partial charge is 0.324 e. The Morgan fingerprint density at radius 3 is 2.69 bits per heavy atom. The topological polar surface area (TPSA) is 116 Å². The van der Waals surface area contributed by atoms with Crippen LogP contribution in [-0.2, 0) is 17.5 Å². The first-order valence-corrected chi connectivity index (χ1v) is 8.14. The van der Waals surface area contributed by atoms with Crippen LogP contribution in [0.1, 0.15) is 11.1 Å². The van der Waals surface area contributed by atoms with E-state index >= 15 is 0 Å². The highest BCUT2D eigenvalue weighted by Gasteiger charge is 2.30. The van der Waals surface area contributed by atoms with Gasteiger partial charge in [-0.3, -0.25) is 14.9 Å². The summed E-state index contributed by atoms with van der Waals surface area (Å²) in [5, 5.41) is 24.7. The maximum Gasteiger partial charge on any atom is 0.416 e. The molecule has 0 fully saturated rings. The molecule has 1 amide bonds. The van der Waals surface area contributed by atoms with E-state index in [0.717, 1.165) is 16.9 Å². The number of nitrogens with zero attached hydrogens (tertiary/aromatic N) is 5. The number of carbonyl (C=O) groups excluding carboxylic acids is 1. The molecule has 2 aromatic carbocycles. The van der Waals surface area contributed by atoms with Crippen molar-refractivity contribution >= 4 is 17.3 Å². The summed E-state index contributed by atoms with van der Waals surface area (Å²) >= 11 is 0. The Kier molecular flexibility index (Phi) is 5.26. The summed E-state index contributed by atoms with van der Waals surface area (Å²) in [6.45, 7) is 1.19. The molecule has 0 saturated heterocycles. The molecule has 9 nitrogen and oxygen atoms in total. The van der Waals surface area contributed by atoms with Crippen molar-refractivity contribution in [2.75, 3.05) is 5.32 Å². The number of benzene rings is 2. The van der Waals surface area contributed by atoms with Gasteiger partial charge in [-0.1, -0.05) is 18.2 Å². The van der Waals surface area contributed by atoms with Crippen molar-refractivity contribution in [2.24, 2.45) is 0 Å². The van der Waals surface area contributed by atoms with E-state index in [1.807, 2.05) is 0 Å². The number of tetrazole rings is 1. The maximum absolute atomic E-state index is 12.8. The van der Waals surface area contributed by atoms with Crippen LogP contribution in [0.15, 0.2) is 42.5 Å². The van der Waals surface area contributed by atoms with Gasteiger partial charge in [-0.05, 0) is 30.3 Å². The fraction of sp³-hybridized carbons (Fsp3) is 0.176. The van der Waals surface area contributed by atoms with E-state index in [4.69, 9.17) is 0 Å². The highest BCUT2D eigenvalue weighted by atomic mass is 19.4. The van der Waals surface area contributed by atoms with E-state index in [1.54, 1.807) is 6.92 Å². The van der Waals surface area contributed by atoms with Crippen molar-refractivity contribution in [2.45, 2.75) is 19.6 Å². The number of aromatic nitrogens is 4. The number of halogens is 3. The molecule has 0 aliphatic rings. The minimum Gasteiger partial charge on any atom is -0.324 e. The number of alkyl halides is 3. The number of hydrogen-bond donors (Lipinski definition) is 1. The molecular weight excluding hydrogens is 393 g/mol. The Morgan fingerprint density at radius 2 is 2.00 bits per heavy atom. The van der Waals surface area contributed by atoms with Gasteiger partial charge in [-0.25, -0.2) is 0 Å². The van der Waals surface area contributed by atoms with Gasteiger partial charge in [-0.2, -0.15) is 18.0 Å². The van der Waals surface area contributed by atoms with Crippen LogP contribution in [0.4, 0.5) is 24.5 Å². The lowest BCUT2D eigenvalue weighted by molar-refractivity contribution is -0.385. The second-order valence-corrected chi connectivity index (χ2v) is 6.03. The van der Waals surface area contributed by atoms with Crippen LogP contribution in [0.2, 0.25) is 0 Å². The van der Waals surface area contributed by atoms with Gasteiger partial charge in [0.25, 0.3) is 5.69 Å². The number of carbonyl (C=O) groups is 1. The van der Waals surface area contributed by atoms with Crippen molar-refractivity contribution in [3.05, 3.63) is 63.7 Å². The van der Waals surface area contributed by atoms with Gasteiger partial charge in [0.1, 0.15) is 6.54 Å². The summed E-state index contributed by atoms with van der Waals surface area (Å²) in [6, 6.07) is 8.62. The summed E-state index contributed by atoms with van der Waals surface area (Å²) in [6.07, 6.45) is -4.51. The van der Waals surface area contributed by atoms with Gasteiger partial charge in [-0.15, -0.1) is 10.2 Å². The molecule has 0 saturated carbocycles. The highest BCUT2D eigenvalue weighted by Crippen LogP contribution is 2.31. The zero-order chi connectivity index (χ0) is 21.2. The van der Waals surface area contributed by atoms with Crippen molar-refractivity contribution < 1.29 is 22.9 Å². The van der Waals surface area contributed by atoms with E-state index < -0.39 is 22.6 Å². The largest absolute Gasteiger partial charge is 0.416 e. The maximum atomic E-state index is 12.8. The molecule has 3 aromatic rings. The second kappa shape index (κ2) is 7.66. The van der Waals surface area contributed by atoms with Crippen LogP contribution in [0.5, 0.6) is 0 Å². The molecule has 0 radical (unpaired) electrons. The number of amides is 1. The fourth-order valence-corrected chi connectivity index (χ4v) is 2.47. The minimum atomic E-state index is -4.51. The summed E-state index contributed by atoms with van der Waals surface area (Å²) in [5.74, 6) is -0.661. The zero-order valence-corrected chi connectivity index (χ0v) is 14.8. The molecule has 150 valence electrons. The van der Waals surface area contributed by atoms with E-state index in [9.17, 15) is 28.1 Å². The number of aryl methyl sites for hydroxylation is 1. The van der Waals surface area contributed by atoms with Crippen LogP contribution < -0.4 is 5.32 Å². The normalized spacial score (nSPS) is 11.3. The Hall–Kier alpha value is -3.83. The van der Waals surface area contributed by atoms with E-state index in [1.165, 1.54) is 30.3 Å². The highest BCUT2D eigenvalue weighted by molar-refractivity contribution is 5.90. The molecule has 1 aromatic heterocycles. The van der Waals surface area contributed by atoms with E-state index in [0.29, 0.717) is 5.56 Å². The van der Waals surface area contributed by atoms with Gasteiger partial charge in [0.05, 0.1) is 10.5 Å². The van der Waals surface area contributed by atoms with Crippen LogP contribution in [-0.4, -0.2) is 31.0 Å². The van der Waals surface area contributed by atoms with Gasteiger partial charge in [0, 0.05) is 22.9 Å². The fourth-order valence-electron chi connectivity index (χ4n) is 2.47. The number of anilines is 1. The van der Waals surface area contributed by atoms with Crippen molar-refractivity contribution in [1.82, 2.24) is 20.2 Å². The quantitative estimate of drug-likeness (QED) is 0.514. The van der Waals surface area contributed by atoms with Crippen molar-refractivity contribution in [1.29, 1.82) is 0 Å². The van der Waals surface area contributed by atoms with Gasteiger partial charge < -0.3 is 5.32 Å². The standard InChI is InChI=1S/C17H13F3N6O3/c1-10-5-6-13(8-14(10)26(28)29)21-15(27)9-25-23-16(22-24-25)11-3-2-4-12(7-11)17(18,19)20/h2-8H,9H2,1H3,(H,21,27). The van der Waals surface area contributed by atoms with Crippen molar-refractivity contribution in [3.8, 4) is 11.4 Å². The average Bonchev–Trinajstić information content (AvgIpc) is 3.11. The summed E-state index contributed by atoms with van der Waals surface area (Å²) in [5.41, 5.74) is -0.249. The monoisotopic (exact) mass is 406 g/mol. The van der Waals surface area contributed by atoms with E-state index in [2.05, 4.69) is 20.7 Å². The molecule has 0 unspecified atom stereocenters. The predicted octanol–water partition coefficient (Wildman–Crippen LogP) is 3.21. The molecule has 1 N–H and O–H groups in total. The molecular formula is C17H13F3N6O3. The summed E-state index contributed by atoms with van der Waals surface area (Å²) < 4.78 is 38.4. The first-order valence-electron chi connectivity index (χ1n) is 8.14. The predicted molar refractivity (Wildman–Crippen MR) is 94.7 cm³/mol. The van der Waals surface area contributed by atoms with Gasteiger partial charge >= 0.3 is 6.18 Å². The van der Waals surface area contributed by atoms with E-state index in [-0.39, 0.29) is 29.3 Å². The molecule has 0 atom stereocenters. The lowest BCUT2D eigenvalue weighted by Crippen LogP contribution is -2.20. The van der Waals surface area contributed by atoms with Crippen molar-refractivity contribution in [3.63, 3.8) is 0 Å². The number of nitro benzene ring substituents is 1. The third-order valence-corrected chi connectivity index (χ3v) is 3.88. The SMILES string of the molecule is Cc1ccc(NC(=O)Cn2nnc(-c3cccc(C(F)(F)F)c3)n2)cc1[N+](=O)[O-]. The van der Waals surface area contributed by atoms with Crippen LogP contribution in [0, 0.1) is 17.0 Å². The molecule has 1 heterocycles. The lowest BCUT2D eigenvalue weighted by Gasteiger charge is -2.06. The molecule has 29 heavy (non-hydrogen) atoms.